The predicted octanol–water partition coefficient (Wildman–Crippen LogP) is 2.00. The molecule has 4 aliphatic heterocycles. The molecule has 4 heterocycles. The third-order valence-corrected chi connectivity index (χ3v) is 15.3. The highest BCUT2D eigenvalue weighted by Crippen LogP contribution is 2.70. The molecule has 8 aliphatic rings. The Morgan fingerprint density at radius 2 is 1.54 bits per heavy atom. The summed E-state index contributed by atoms with van der Waals surface area (Å²) in [5.41, 5.74) is 1.75. The van der Waals surface area contributed by atoms with Gasteiger partial charge in [0.15, 0.2) is 18.4 Å². The van der Waals surface area contributed by atoms with Crippen molar-refractivity contribution in [2.75, 3.05) is 19.8 Å². The van der Waals surface area contributed by atoms with Crippen LogP contribution in [-0.4, -0.2) is 124 Å². The molecule has 3 saturated carbocycles. The fourth-order valence-corrected chi connectivity index (χ4v) is 12.4. The molecule has 12 nitrogen and oxygen atoms in total. The normalized spacial score (nSPS) is 57.6. The molecule has 4 saturated heterocycles. The second-order valence-corrected chi connectivity index (χ2v) is 17.8. The van der Waals surface area contributed by atoms with Gasteiger partial charge in [0.2, 0.25) is 0 Å². The maximum Gasteiger partial charge on any atom is 0.187 e. The Hall–Kier alpha value is -0.740. The van der Waals surface area contributed by atoms with E-state index in [4.69, 9.17) is 28.4 Å². The Morgan fingerprint density at radius 1 is 0.820 bits per heavy atom. The summed E-state index contributed by atoms with van der Waals surface area (Å²) >= 11 is 0. The smallest absolute Gasteiger partial charge is 0.187 e. The van der Waals surface area contributed by atoms with Crippen molar-refractivity contribution >= 4 is 0 Å². The molecule has 20 atom stereocenters. The van der Waals surface area contributed by atoms with E-state index in [0.717, 1.165) is 45.1 Å². The number of allylic oxidation sites excluding steroid dienone is 1. The van der Waals surface area contributed by atoms with Crippen LogP contribution < -0.4 is 0 Å². The van der Waals surface area contributed by atoms with Crippen molar-refractivity contribution in [3.05, 3.63) is 11.6 Å². The third kappa shape index (κ3) is 5.53. The molecule has 50 heavy (non-hydrogen) atoms. The van der Waals surface area contributed by atoms with Crippen molar-refractivity contribution in [1.82, 2.24) is 0 Å². The van der Waals surface area contributed by atoms with E-state index in [-0.39, 0.29) is 23.0 Å². The van der Waals surface area contributed by atoms with Gasteiger partial charge in [0.1, 0.15) is 42.7 Å². The monoisotopic (exact) mass is 708 g/mol. The average molecular weight is 709 g/mol. The molecule has 6 N–H and O–H groups in total. The number of aliphatic hydroxyl groups excluding tert-OH is 6. The van der Waals surface area contributed by atoms with Crippen molar-refractivity contribution in [2.24, 2.45) is 46.3 Å². The fourth-order valence-electron chi connectivity index (χ4n) is 12.4. The predicted molar refractivity (Wildman–Crippen MR) is 177 cm³/mol. The summed E-state index contributed by atoms with van der Waals surface area (Å²) < 4.78 is 36.9. The van der Waals surface area contributed by atoms with Crippen LogP contribution in [0.3, 0.4) is 0 Å². The molecular weight excluding hydrogens is 648 g/mol. The molecule has 0 radical (unpaired) electrons. The Kier molecular flexibility index (Phi) is 9.59. The van der Waals surface area contributed by atoms with Crippen LogP contribution in [0.15, 0.2) is 11.6 Å². The first-order valence-corrected chi connectivity index (χ1v) is 19.4. The van der Waals surface area contributed by atoms with E-state index in [0.29, 0.717) is 35.5 Å². The quantitative estimate of drug-likeness (QED) is 0.222. The van der Waals surface area contributed by atoms with E-state index in [2.05, 4.69) is 33.8 Å². The minimum atomic E-state index is -1.52. The number of aliphatic hydroxyl groups is 6. The summed E-state index contributed by atoms with van der Waals surface area (Å²) in [5, 5.41) is 62.1. The van der Waals surface area contributed by atoms with Crippen LogP contribution in [0.1, 0.15) is 85.5 Å². The van der Waals surface area contributed by atoms with Gasteiger partial charge >= 0.3 is 0 Å². The van der Waals surface area contributed by atoms with Gasteiger partial charge in [-0.2, -0.15) is 0 Å². The SMILES string of the molecule is C[C@@H]1CC[C@@]2(OC1)O[C@H]1C[C@@H]3[C@@H]4CC=C5C[C@H](O[C@@H]6O[C@H](CO)[C@@H](O[C@@H]7O[C@@H](CO)[C@H](O)[C@H]7O)[C@H](O)[C@H]6O)CC[C@@]5(C)[C@@H]4CC[C@]3(C)[C@H]1[C@@H]2C. The summed E-state index contributed by atoms with van der Waals surface area (Å²) in [6, 6.07) is 0. The lowest BCUT2D eigenvalue weighted by atomic mass is 9.47. The average Bonchev–Trinajstić information content (AvgIpc) is 3.66. The number of rotatable bonds is 6. The van der Waals surface area contributed by atoms with Gasteiger partial charge in [-0.1, -0.05) is 39.3 Å². The number of ether oxygens (including phenoxy) is 6. The maximum absolute atomic E-state index is 11.1. The number of fused-ring (bicyclic) bond motifs is 7. The van der Waals surface area contributed by atoms with Crippen LogP contribution in [0.2, 0.25) is 0 Å². The number of hydrogen-bond acceptors (Lipinski definition) is 12. The van der Waals surface area contributed by atoms with Gasteiger partial charge in [-0.25, -0.2) is 0 Å². The summed E-state index contributed by atoms with van der Waals surface area (Å²) in [7, 11) is 0. The Morgan fingerprint density at radius 3 is 2.24 bits per heavy atom. The molecule has 0 aromatic rings. The minimum absolute atomic E-state index is 0.0787. The Bertz CT molecular complexity index is 1270. The minimum Gasteiger partial charge on any atom is -0.394 e. The maximum atomic E-state index is 11.1. The molecule has 0 amide bonds. The zero-order chi connectivity index (χ0) is 35.3. The van der Waals surface area contributed by atoms with Crippen LogP contribution in [0.4, 0.5) is 0 Å². The van der Waals surface area contributed by atoms with Gasteiger partial charge in [-0.15, -0.1) is 0 Å². The van der Waals surface area contributed by atoms with Gasteiger partial charge < -0.3 is 59.1 Å². The lowest BCUT2D eigenvalue weighted by Gasteiger charge is -2.58. The van der Waals surface area contributed by atoms with E-state index in [9.17, 15) is 30.6 Å². The first-order chi connectivity index (χ1) is 23.8. The molecule has 12 heteroatoms. The van der Waals surface area contributed by atoms with Gasteiger partial charge in [0, 0.05) is 12.3 Å². The lowest BCUT2D eigenvalue weighted by Crippen LogP contribution is -2.62. The molecule has 1 spiro atoms. The molecule has 4 aliphatic carbocycles. The molecular formula is C38H60O12. The van der Waals surface area contributed by atoms with Gasteiger partial charge in [0.25, 0.3) is 0 Å². The second-order valence-electron chi connectivity index (χ2n) is 17.8. The molecule has 8 rings (SSSR count). The first kappa shape index (κ1) is 36.2. The molecule has 284 valence electrons. The van der Waals surface area contributed by atoms with Crippen LogP contribution in [0, 0.1) is 46.3 Å². The highest BCUT2D eigenvalue weighted by atomic mass is 16.7. The molecule has 0 aromatic carbocycles. The fraction of sp³-hybridized carbons (Fsp3) is 0.947. The molecule has 0 unspecified atom stereocenters. The molecule has 7 fully saturated rings. The lowest BCUT2D eigenvalue weighted by molar-refractivity contribution is -0.337. The Balaban J connectivity index is 0.915. The molecule has 0 aromatic heterocycles. The van der Waals surface area contributed by atoms with Gasteiger partial charge in [-0.3, -0.25) is 0 Å². The summed E-state index contributed by atoms with van der Waals surface area (Å²) in [6.45, 7) is 9.41. The zero-order valence-corrected chi connectivity index (χ0v) is 30.0. The van der Waals surface area contributed by atoms with E-state index in [1.54, 1.807) is 0 Å². The van der Waals surface area contributed by atoms with Crippen LogP contribution >= 0.6 is 0 Å². The van der Waals surface area contributed by atoms with Crippen molar-refractivity contribution in [3.8, 4) is 0 Å². The largest absolute Gasteiger partial charge is 0.394 e. The van der Waals surface area contributed by atoms with Crippen LogP contribution in [0.25, 0.3) is 0 Å². The van der Waals surface area contributed by atoms with Crippen LogP contribution in [0.5, 0.6) is 0 Å². The van der Waals surface area contributed by atoms with Crippen molar-refractivity contribution < 1.29 is 59.1 Å². The highest BCUT2D eigenvalue weighted by Gasteiger charge is 2.68. The van der Waals surface area contributed by atoms with E-state index < -0.39 is 74.3 Å². The number of hydrogen-bond donors (Lipinski definition) is 6. The zero-order valence-electron chi connectivity index (χ0n) is 30.0. The van der Waals surface area contributed by atoms with E-state index in [1.807, 2.05) is 0 Å². The Labute approximate surface area is 295 Å². The summed E-state index contributed by atoms with van der Waals surface area (Å²) in [6.07, 6.45) is -0.0498. The standard InChI is InChI=1S/C38H60O12/c1-18-7-12-38(45-17-18)19(2)28-25(50-38)14-24-22-6-5-20-13-21(8-10-36(20,3)23(22)9-11-37(24,28)4)46-34-32(44)30(42)33(27(16-40)48-34)49-35-31(43)29(41)26(15-39)47-35/h5,18-19,21-35,39-44H,6-17H2,1-4H3/t18-,19+,21-,22-,23-,24-,25+,26+,27-,28+,29+,30-,31-,32-,33-,34-,35+,36-,37+,38-/m1/s1. The van der Waals surface area contributed by atoms with Gasteiger partial charge in [-0.05, 0) is 91.8 Å². The van der Waals surface area contributed by atoms with E-state index in [1.165, 1.54) is 24.8 Å². The highest BCUT2D eigenvalue weighted by molar-refractivity contribution is 5.26. The van der Waals surface area contributed by atoms with E-state index >= 15 is 0 Å². The summed E-state index contributed by atoms with van der Waals surface area (Å²) in [4.78, 5) is 0. The third-order valence-electron chi connectivity index (χ3n) is 15.3. The van der Waals surface area contributed by atoms with Crippen molar-refractivity contribution in [1.29, 1.82) is 0 Å². The topological polar surface area (TPSA) is 177 Å². The molecule has 0 bridgehead atoms. The van der Waals surface area contributed by atoms with Crippen LogP contribution in [-0.2, 0) is 28.4 Å². The van der Waals surface area contributed by atoms with Gasteiger partial charge in [0.05, 0.1) is 32.0 Å². The van der Waals surface area contributed by atoms with Crippen molar-refractivity contribution in [2.45, 2.75) is 159 Å². The van der Waals surface area contributed by atoms with Crippen molar-refractivity contribution in [3.63, 3.8) is 0 Å². The summed E-state index contributed by atoms with van der Waals surface area (Å²) in [5.74, 6) is 3.01. The second kappa shape index (κ2) is 13.2. The first-order valence-electron chi connectivity index (χ1n) is 19.4.